The lowest BCUT2D eigenvalue weighted by Gasteiger charge is -2.59. The van der Waals surface area contributed by atoms with Gasteiger partial charge in [0.15, 0.2) is 8.32 Å². The van der Waals surface area contributed by atoms with Crippen LogP contribution in [-0.4, -0.2) is 14.4 Å². The third-order valence-electron chi connectivity index (χ3n) is 12.6. The molecule has 8 unspecified atom stereocenters. The summed E-state index contributed by atoms with van der Waals surface area (Å²) in [6, 6.07) is 3.86. The zero-order valence-electron chi connectivity index (χ0n) is 24.9. The molecular formula is C33H60OSi. The van der Waals surface area contributed by atoms with E-state index in [2.05, 4.69) is 61.5 Å². The highest BCUT2D eigenvalue weighted by molar-refractivity contribution is 6.73. The summed E-state index contributed by atoms with van der Waals surface area (Å²) < 4.78 is 7.03. The van der Waals surface area contributed by atoms with E-state index in [0.717, 1.165) is 35.5 Å². The minimum absolute atomic E-state index is 0.458. The Morgan fingerprint density at radius 3 is 2.29 bits per heavy atom. The molecule has 8 atom stereocenters. The van der Waals surface area contributed by atoms with Gasteiger partial charge in [-0.15, -0.1) is 0 Å². The molecule has 0 radical (unpaired) electrons. The van der Waals surface area contributed by atoms with Crippen molar-refractivity contribution in [2.75, 3.05) is 0 Å². The van der Waals surface area contributed by atoms with Crippen LogP contribution in [0.3, 0.4) is 0 Å². The number of fused-ring (bicyclic) bond motifs is 5. The Kier molecular flexibility index (Phi) is 8.75. The second-order valence-electron chi connectivity index (χ2n) is 14.5. The average Bonchev–Trinajstić information content (AvgIpc) is 3.20. The zero-order valence-corrected chi connectivity index (χ0v) is 25.9. The van der Waals surface area contributed by atoms with Crippen molar-refractivity contribution in [1.29, 1.82) is 0 Å². The van der Waals surface area contributed by atoms with Crippen LogP contribution >= 0.6 is 0 Å². The Balaban J connectivity index is 1.45. The monoisotopic (exact) mass is 500 g/mol. The molecule has 0 bridgehead atoms. The topological polar surface area (TPSA) is 9.23 Å². The second kappa shape index (κ2) is 11.0. The van der Waals surface area contributed by atoms with Crippen LogP contribution in [0, 0.1) is 46.3 Å². The maximum absolute atomic E-state index is 7.03. The zero-order chi connectivity index (χ0) is 25.4. The Labute approximate surface area is 220 Å². The van der Waals surface area contributed by atoms with Crippen molar-refractivity contribution in [2.45, 2.75) is 150 Å². The second-order valence-corrected chi connectivity index (χ2v) is 19.2. The molecule has 2 heteroatoms. The smallest absolute Gasteiger partial charge is 0.192 e. The SMILES string of the molecule is CC[Si](CC)(CC)OC1CCC2(C)C(=CCC3C2CCC2(C)C(C(C)CCCC(C)C)CCC32)C1. The van der Waals surface area contributed by atoms with E-state index in [4.69, 9.17) is 4.43 Å². The molecule has 0 aromatic carbocycles. The third kappa shape index (κ3) is 5.15. The van der Waals surface area contributed by atoms with Gasteiger partial charge in [-0.05, 0) is 116 Å². The van der Waals surface area contributed by atoms with E-state index in [0.29, 0.717) is 16.9 Å². The van der Waals surface area contributed by atoms with Crippen molar-refractivity contribution in [3.63, 3.8) is 0 Å². The highest BCUT2D eigenvalue weighted by Gasteiger charge is 2.59. The molecule has 35 heavy (non-hydrogen) atoms. The fourth-order valence-corrected chi connectivity index (χ4v) is 13.0. The van der Waals surface area contributed by atoms with Crippen LogP contribution in [0.4, 0.5) is 0 Å². The normalized spacial score (nSPS) is 40.1. The van der Waals surface area contributed by atoms with Gasteiger partial charge in [-0.1, -0.05) is 86.3 Å². The predicted molar refractivity (Wildman–Crippen MR) is 155 cm³/mol. The lowest BCUT2D eigenvalue weighted by atomic mass is 9.47. The largest absolute Gasteiger partial charge is 0.414 e. The first-order chi connectivity index (χ1) is 16.6. The van der Waals surface area contributed by atoms with Gasteiger partial charge >= 0.3 is 0 Å². The molecule has 0 N–H and O–H groups in total. The minimum atomic E-state index is -1.51. The quantitative estimate of drug-likeness (QED) is 0.214. The molecule has 0 heterocycles. The van der Waals surface area contributed by atoms with Crippen molar-refractivity contribution >= 4 is 8.32 Å². The van der Waals surface area contributed by atoms with Gasteiger partial charge in [0.05, 0.1) is 0 Å². The van der Waals surface area contributed by atoms with Gasteiger partial charge in [0.1, 0.15) is 0 Å². The number of hydrogen-bond acceptors (Lipinski definition) is 1. The Bertz CT molecular complexity index is 729. The van der Waals surface area contributed by atoms with E-state index in [1.165, 1.54) is 88.8 Å². The van der Waals surface area contributed by atoms with E-state index < -0.39 is 8.32 Å². The Hall–Kier alpha value is -0.0831. The van der Waals surface area contributed by atoms with Gasteiger partial charge in [-0.25, -0.2) is 0 Å². The maximum Gasteiger partial charge on any atom is 0.192 e. The summed E-state index contributed by atoms with van der Waals surface area (Å²) in [7, 11) is -1.51. The van der Waals surface area contributed by atoms with Crippen molar-refractivity contribution in [3.8, 4) is 0 Å². The van der Waals surface area contributed by atoms with E-state index in [1.54, 1.807) is 5.57 Å². The standard InChI is InChI=1S/C33H60OSi/c1-9-35(10-2,11-3)34-27-19-21-32(7)26(23-27)15-16-28-30-18-17-29(25(6)14-12-13-24(4)5)33(30,8)22-20-31(28)32/h15,24-25,27-31H,9-14,16-23H2,1-8H3. The van der Waals surface area contributed by atoms with Gasteiger partial charge in [0.2, 0.25) is 0 Å². The van der Waals surface area contributed by atoms with Crippen LogP contribution in [0.2, 0.25) is 18.1 Å². The first-order valence-electron chi connectivity index (χ1n) is 16.0. The van der Waals surface area contributed by atoms with Crippen LogP contribution in [0.15, 0.2) is 11.6 Å². The summed E-state index contributed by atoms with van der Waals surface area (Å²) in [5.74, 6) is 5.60. The summed E-state index contributed by atoms with van der Waals surface area (Å²) in [6.45, 7) is 20.0. The molecule has 0 spiro atoms. The number of rotatable bonds is 10. The van der Waals surface area contributed by atoms with Crippen LogP contribution in [0.5, 0.6) is 0 Å². The molecule has 4 aliphatic carbocycles. The highest BCUT2D eigenvalue weighted by Crippen LogP contribution is 2.67. The first kappa shape index (κ1) is 27.9. The van der Waals surface area contributed by atoms with Gasteiger partial charge < -0.3 is 4.43 Å². The molecule has 0 aliphatic heterocycles. The average molecular weight is 501 g/mol. The Morgan fingerprint density at radius 1 is 0.914 bits per heavy atom. The molecule has 3 saturated carbocycles. The molecular weight excluding hydrogens is 440 g/mol. The summed E-state index contributed by atoms with van der Waals surface area (Å²) in [5.41, 5.74) is 2.87. The van der Waals surface area contributed by atoms with Crippen LogP contribution in [0.1, 0.15) is 126 Å². The fourth-order valence-electron chi connectivity index (χ4n) is 10.1. The fraction of sp³-hybridized carbons (Fsp3) is 0.939. The number of allylic oxidation sites excluding steroid dienone is 1. The lowest BCUT2D eigenvalue weighted by molar-refractivity contribution is -0.0564. The van der Waals surface area contributed by atoms with Crippen LogP contribution in [-0.2, 0) is 4.43 Å². The molecule has 0 saturated heterocycles. The van der Waals surface area contributed by atoms with Crippen molar-refractivity contribution < 1.29 is 4.43 Å². The van der Waals surface area contributed by atoms with Gasteiger partial charge in [-0.3, -0.25) is 0 Å². The van der Waals surface area contributed by atoms with Crippen molar-refractivity contribution in [3.05, 3.63) is 11.6 Å². The van der Waals surface area contributed by atoms with Crippen molar-refractivity contribution in [2.24, 2.45) is 46.3 Å². The van der Waals surface area contributed by atoms with Crippen molar-refractivity contribution in [1.82, 2.24) is 0 Å². The van der Waals surface area contributed by atoms with E-state index in [1.807, 2.05) is 0 Å². The summed E-state index contributed by atoms with van der Waals surface area (Å²) in [4.78, 5) is 0. The highest BCUT2D eigenvalue weighted by atomic mass is 28.4. The molecule has 0 aromatic heterocycles. The van der Waals surface area contributed by atoms with Gasteiger partial charge in [0, 0.05) is 6.10 Å². The molecule has 3 fully saturated rings. The maximum atomic E-state index is 7.03. The van der Waals surface area contributed by atoms with Gasteiger partial charge in [0.25, 0.3) is 0 Å². The molecule has 202 valence electrons. The molecule has 0 aromatic rings. The predicted octanol–water partition coefficient (Wildman–Crippen LogP) is 10.4. The molecule has 4 aliphatic rings. The lowest BCUT2D eigenvalue weighted by Crippen LogP contribution is -2.51. The number of hydrogen-bond donors (Lipinski definition) is 0. The minimum Gasteiger partial charge on any atom is -0.414 e. The molecule has 4 rings (SSSR count). The molecule has 1 nitrogen and oxygen atoms in total. The summed E-state index contributed by atoms with van der Waals surface area (Å²) in [6.07, 6.45) is 18.9. The summed E-state index contributed by atoms with van der Waals surface area (Å²) >= 11 is 0. The van der Waals surface area contributed by atoms with Gasteiger partial charge in [-0.2, -0.15) is 0 Å². The van der Waals surface area contributed by atoms with E-state index in [9.17, 15) is 0 Å². The molecule has 0 amide bonds. The van der Waals surface area contributed by atoms with E-state index >= 15 is 0 Å². The van der Waals surface area contributed by atoms with Crippen LogP contribution < -0.4 is 0 Å². The van der Waals surface area contributed by atoms with E-state index in [-0.39, 0.29) is 0 Å². The summed E-state index contributed by atoms with van der Waals surface area (Å²) in [5, 5.41) is 0. The Morgan fingerprint density at radius 2 is 1.63 bits per heavy atom. The first-order valence-corrected chi connectivity index (χ1v) is 18.5. The third-order valence-corrected chi connectivity index (χ3v) is 17.3. The van der Waals surface area contributed by atoms with Crippen LogP contribution in [0.25, 0.3) is 0 Å².